The van der Waals surface area contributed by atoms with Crippen molar-refractivity contribution in [1.82, 2.24) is 5.32 Å². The van der Waals surface area contributed by atoms with E-state index in [1.807, 2.05) is 0 Å². The molecule has 0 radical (unpaired) electrons. The van der Waals surface area contributed by atoms with Gasteiger partial charge < -0.3 is 10.4 Å². The molecule has 0 unspecified atom stereocenters. The number of aromatic carboxylic acids is 1. The van der Waals surface area contributed by atoms with Crippen LogP contribution in [0, 0.1) is 6.92 Å². The van der Waals surface area contributed by atoms with Gasteiger partial charge in [0.2, 0.25) is 5.91 Å². The van der Waals surface area contributed by atoms with E-state index >= 15 is 0 Å². The Kier molecular flexibility index (Phi) is 6.99. The number of thiophene rings is 1. The molecular weight excluding hydrogens is 460 g/mol. The predicted octanol–water partition coefficient (Wildman–Crippen LogP) is 3.92. The highest BCUT2D eigenvalue weighted by Gasteiger charge is 2.29. The third-order valence-corrected chi connectivity index (χ3v) is 7.54. The van der Waals surface area contributed by atoms with E-state index in [1.54, 1.807) is 42.6 Å². The maximum absolute atomic E-state index is 13.2. The quantitative estimate of drug-likeness (QED) is 0.510. The molecule has 0 aliphatic heterocycles. The van der Waals surface area contributed by atoms with E-state index in [0.29, 0.717) is 21.8 Å². The van der Waals surface area contributed by atoms with Crippen molar-refractivity contribution in [1.29, 1.82) is 0 Å². The first kappa shape index (κ1) is 22.8. The fraction of sp³-hybridized carbons (Fsp3) is 0.143. The van der Waals surface area contributed by atoms with Gasteiger partial charge in [0, 0.05) is 16.9 Å². The molecule has 0 bridgehead atoms. The molecule has 7 nitrogen and oxygen atoms in total. The van der Waals surface area contributed by atoms with Crippen LogP contribution in [0.5, 0.6) is 0 Å². The van der Waals surface area contributed by atoms with Crippen molar-refractivity contribution in [2.75, 3.05) is 10.8 Å². The summed E-state index contributed by atoms with van der Waals surface area (Å²) in [5, 5.41) is 15.3. The van der Waals surface area contributed by atoms with E-state index in [0.717, 1.165) is 4.31 Å². The van der Waals surface area contributed by atoms with Gasteiger partial charge in [0.05, 0.1) is 16.1 Å². The molecule has 1 heterocycles. The van der Waals surface area contributed by atoms with Crippen molar-refractivity contribution in [3.63, 3.8) is 0 Å². The Morgan fingerprint density at radius 3 is 2.58 bits per heavy atom. The minimum Gasteiger partial charge on any atom is -0.478 e. The molecular formula is C21H19ClN2O5S2. The van der Waals surface area contributed by atoms with Crippen LogP contribution in [0.3, 0.4) is 0 Å². The lowest BCUT2D eigenvalue weighted by atomic mass is 10.1. The second-order valence-electron chi connectivity index (χ2n) is 6.64. The lowest BCUT2D eigenvalue weighted by Gasteiger charge is -2.25. The van der Waals surface area contributed by atoms with Crippen molar-refractivity contribution >= 4 is 50.5 Å². The highest BCUT2D eigenvalue weighted by molar-refractivity contribution is 7.93. The number of halogens is 1. The minimum atomic E-state index is -4.00. The Labute approximate surface area is 189 Å². The van der Waals surface area contributed by atoms with Gasteiger partial charge in [-0.2, -0.15) is 11.3 Å². The number of hydrogen-bond acceptors (Lipinski definition) is 5. The molecule has 0 spiro atoms. The summed E-state index contributed by atoms with van der Waals surface area (Å²) in [7, 11) is -4.00. The van der Waals surface area contributed by atoms with Crippen molar-refractivity contribution in [2.24, 2.45) is 0 Å². The number of nitrogens with zero attached hydrogens (tertiary/aromatic N) is 1. The average molecular weight is 479 g/mol. The molecule has 0 aliphatic carbocycles. The van der Waals surface area contributed by atoms with Crippen LogP contribution in [0.4, 0.5) is 5.69 Å². The lowest BCUT2D eigenvalue weighted by molar-refractivity contribution is -0.119. The van der Waals surface area contributed by atoms with E-state index in [4.69, 9.17) is 16.7 Å². The van der Waals surface area contributed by atoms with Crippen molar-refractivity contribution < 1.29 is 23.1 Å². The fourth-order valence-electron chi connectivity index (χ4n) is 2.89. The number of nitrogens with one attached hydrogen (secondary N) is 1. The summed E-state index contributed by atoms with van der Waals surface area (Å²) in [4.78, 5) is 23.9. The first-order valence-corrected chi connectivity index (χ1v) is 11.8. The van der Waals surface area contributed by atoms with E-state index < -0.39 is 28.4 Å². The van der Waals surface area contributed by atoms with Crippen LogP contribution in [-0.2, 0) is 21.4 Å². The van der Waals surface area contributed by atoms with Crippen molar-refractivity contribution in [3.05, 3.63) is 81.0 Å². The van der Waals surface area contributed by atoms with E-state index in [9.17, 15) is 18.0 Å². The summed E-state index contributed by atoms with van der Waals surface area (Å²) in [6.07, 6.45) is 0. The van der Waals surface area contributed by atoms with Gasteiger partial charge in [-0.25, -0.2) is 13.2 Å². The molecule has 2 N–H and O–H groups in total. The number of carbonyl (C=O) groups excluding carboxylic acids is 1. The molecule has 162 valence electrons. The van der Waals surface area contributed by atoms with E-state index in [2.05, 4.69) is 5.32 Å². The number of hydrogen-bond donors (Lipinski definition) is 2. The summed E-state index contributed by atoms with van der Waals surface area (Å²) in [5.41, 5.74) is 1.52. The second kappa shape index (κ2) is 9.51. The predicted molar refractivity (Wildman–Crippen MR) is 120 cm³/mol. The summed E-state index contributed by atoms with van der Waals surface area (Å²) >= 11 is 7.42. The minimum absolute atomic E-state index is 0.0564. The molecule has 1 amide bonds. The van der Waals surface area contributed by atoms with Gasteiger partial charge in [0.1, 0.15) is 6.54 Å². The Morgan fingerprint density at radius 1 is 1.16 bits per heavy atom. The number of anilines is 1. The van der Waals surface area contributed by atoms with Crippen LogP contribution in [0.2, 0.25) is 5.02 Å². The maximum Gasteiger partial charge on any atom is 0.335 e. The number of sulfonamides is 1. The molecule has 0 saturated heterocycles. The molecule has 0 fully saturated rings. The zero-order valence-corrected chi connectivity index (χ0v) is 18.8. The van der Waals surface area contributed by atoms with Crippen LogP contribution in [0.15, 0.2) is 64.2 Å². The van der Waals surface area contributed by atoms with Crippen LogP contribution >= 0.6 is 22.9 Å². The Balaban J connectivity index is 1.85. The number of carboxylic acid groups (broad SMARTS) is 1. The maximum atomic E-state index is 13.2. The number of carbonyl (C=O) groups is 2. The largest absolute Gasteiger partial charge is 0.478 e. The van der Waals surface area contributed by atoms with Crippen molar-refractivity contribution in [3.8, 4) is 0 Å². The Hall–Kier alpha value is -2.88. The second-order valence-corrected chi connectivity index (χ2v) is 9.69. The van der Waals surface area contributed by atoms with Crippen LogP contribution in [-0.4, -0.2) is 31.9 Å². The Bertz CT molecular complexity index is 1210. The molecule has 31 heavy (non-hydrogen) atoms. The standard InChI is InChI=1S/C21H19ClN2O5S2/c1-14-18(22)6-3-7-19(14)24(31(28,29)17-8-9-30-13-17)12-20(25)23-11-15-4-2-5-16(10-15)21(26)27/h2-10,13H,11-12H2,1H3,(H,23,25)(H,26,27). The molecule has 1 aromatic heterocycles. The zero-order chi connectivity index (χ0) is 22.6. The number of benzene rings is 2. The van der Waals surface area contributed by atoms with Gasteiger partial charge in [-0.3, -0.25) is 9.10 Å². The molecule has 3 rings (SSSR count). The number of rotatable bonds is 8. The molecule has 2 aromatic carbocycles. The third kappa shape index (κ3) is 5.25. The summed E-state index contributed by atoms with van der Waals surface area (Å²) in [6, 6.07) is 12.5. The van der Waals surface area contributed by atoms with Gasteiger partial charge in [-0.1, -0.05) is 29.8 Å². The van der Waals surface area contributed by atoms with Gasteiger partial charge in [0.25, 0.3) is 10.0 Å². The molecule has 10 heteroatoms. The number of amides is 1. The fourth-order valence-corrected chi connectivity index (χ4v) is 5.56. The average Bonchev–Trinajstić information content (AvgIpc) is 3.29. The lowest BCUT2D eigenvalue weighted by Crippen LogP contribution is -2.41. The monoisotopic (exact) mass is 478 g/mol. The topological polar surface area (TPSA) is 104 Å². The molecule has 0 aliphatic rings. The molecule has 0 atom stereocenters. The zero-order valence-electron chi connectivity index (χ0n) is 16.4. The normalized spacial score (nSPS) is 11.2. The third-order valence-electron chi connectivity index (χ3n) is 4.54. The SMILES string of the molecule is Cc1c(Cl)cccc1N(CC(=O)NCc1cccc(C(=O)O)c1)S(=O)(=O)c1ccsc1. The van der Waals surface area contributed by atoms with E-state index in [1.165, 1.54) is 34.9 Å². The molecule has 0 saturated carbocycles. The summed E-state index contributed by atoms with van der Waals surface area (Å²) in [6.45, 7) is 1.28. The van der Waals surface area contributed by atoms with Crippen molar-refractivity contribution in [2.45, 2.75) is 18.4 Å². The molecule has 3 aromatic rings. The van der Waals surface area contributed by atoms with Gasteiger partial charge in [-0.15, -0.1) is 0 Å². The van der Waals surface area contributed by atoms with E-state index in [-0.39, 0.29) is 17.0 Å². The number of carboxylic acids is 1. The van der Waals surface area contributed by atoms with Gasteiger partial charge in [0.15, 0.2) is 0 Å². The highest BCUT2D eigenvalue weighted by Crippen LogP contribution is 2.31. The van der Waals surface area contributed by atoms with Gasteiger partial charge >= 0.3 is 5.97 Å². The first-order valence-electron chi connectivity index (χ1n) is 9.09. The smallest absolute Gasteiger partial charge is 0.335 e. The van der Waals surface area contributed by atoms with Crippen LogP contribution in [0.25, 0.3) is 0 Å². The summed E-state index contributed by atoms with van der Waals surface area (Å²) in [5.74, 6) is -1.61. The highest BCUT2D eigenvalue weighted by atomic mass is 35.5. The van der Waals surface area contributed by atoms with Crippen LogP contribution < -0.4 is 9.62 Å². The van der Waals surface area contributed by atoms with Gasteiger partial charge in [-0.05, 0) is 53.8 Å². The summed E-state index contributed by atoms with van der Waals surface area (Å²) < 4.78 is 27.5. The first-order chi connectivity index (χ1) is 14.7. The Morgan fingerprint density at radius 2 is 1.90 bits per heavy atom. The van der Waals surface area contributed by atoms with Crippen LogP contribution in [0.1, 0.15) is 21.5 Å².